The van der Waals surface area contributed by atoms with Crippen LogP contribution in [0.3, 0.4) is 0 Å². The maximum atomic E-state index is 13.3. The topological polar surface area (TPSA) is 67.3 Å². The third kappa shape index (κ3) is 5.49. The maximum absolute atomic E-state index is 13.3. The molecule has 0 spiro atoms. The molecule has 0 aliphatic carbocycles. The molecule has 176 valence electrons. The van der Waals surface area contributed by atoms with Crippen molar-refractivity contribution < 1.29 is 13.2 Å². The summed E-state index contributed by atoms with van der Waals surface area (Å²) in [5.74, 6) is -0.262. The van der Waals surface area contributed by atoms with E-state index in [0.717, 1.165) is 26.9 Å². The number of carbonyl (C=O) groups excluding carboxylic acids is 1. The lowest BCUT2D eigenvalue weighted by molar-refractivity contribution is -0.118. The Kier molecular flexibility index (Phi) is 7.36. The van der Waals surface area contributed by atoms with Crippen molar-refractivity contribution >= 4 is 54.0 Å². The molecule has 8 heteroatoms. The number of nitrogens with zero attached hydrogens (tertiary/aromatic N) is 2. The molecule has 3 aromatic carbocycles. The number of amides is 1. The van der Waals surface area contributed by atoms with Crippen molar-refractivity contribution in [3.63, 3.8) is 0 Å². The lowest BCUT2D eigenvalue weighted by Gasteiger charge is -2.20. The summed E-state index contributed by atoms with van der Waals surface area (Å²) in [5, 5.41) is 1.15. The molecular formula is C26H25ClN2O3S2. The van der Waals surface area contributed by atoms with Gasteiger partial charge in [0.05, 0.1) is 32.4 Å². The summed E-state index contributed by atoms with van der Waals surface area (Å²) >= 11 is 7.76. The fourth-order valence-corrected chi connectivity index (χ4v) is 6.29. The van der Waals surface area contributed by atoms with Crippen molar-refractivity contribution in [2.75, 3.05) is 10.7 Å². The number of rotatable bonds is 8. The number of hydrogen-bond donors (Lipinski definition) is 0. The molecule has 4 aromatic rings. The first-order chi connectivity index (χ1) is 16.2. The van der Waals surface area contributed by atoms with Crippen molar-refractivity contribution in [1.82, 2.24) is 4.98 Å². The number of aromatic nitrogens is 1. The second-order valence-corrected chi connectivity index (χ2v) is 11.7. The Morgan fingerprint density at radius 3 is 2.38 bits per heavy atom. The fraction of sp³-hybridized carbons (Fsp3) is 0.231. The summed E-state index contributed by atoms with van der Waals surface area (Å²) in [6, 6.07) is 20.2. The lowest BCUT2D eigenvalue weighted by atomic mass is 10.2. The number of fused-ring (bicyclic) bond motifs is 1. The summed E-state index contributed by atoms with van der Waals surface area (Å²) in [5.41, 5.74) is 3.72. The zero-order valence-electron chi connectivity index (χ0n) is 19.0. The first kappa shape index (κ1) is 24.4. The van der Waals surface area contributed by atoms with Crippen LogP contribution in [-0.2, 0) is 21.2 Å². The number of aryl methyl sites for hydroxylation is 2. The molecule has 0 saturated heterocycles. The molecule has 0 fully saturated rings. The van der Waals surface area contributed by atoms with Crippen molar-refractivity contribution in [2.24, 2.45) is 0 Å². The Balaban J connectivity index is 1.55. The Morgan fingerprint density at radius 2 is 1.71 bits per heavy atom. The van der Waals surface area contributed by atoms with Crippen LogP contribution in [0.4, 0.5) is 5.13 Å². The van der Waals surface area contributed by atoms with Crippen LogP contribution in [0.25, 0.3) is 10.2 Å². The van der Waals surface area contributed by atoms with E-state index in [1.165, 1.54) is 11.3 Å². The van der Waals surface area contributed by atoms with Gasteiger partial charge in [0.2, 0.25) is 5.91 Å². The van der Waals surface area contributed by atoms with Gasteiger partial charge in [0.15, 0.2) is 15.0 Å². The second-order valence-electron chi connectivity index (χ2n) is 8.24. The van der Waals surface area contributed by atoms with Gasteiger partial charge in [-0.1, -0.05) is 77.0 Å². The molecule has 1 heterocycles. The van der Waals surface area contributed by atoms with Gasteiger partial charge in [-0.25, -0.2) is 13.4 Å². The Hall–Kier alpha value is -2.74. The largest absolute Gasteiger partial charge is 0.284 e. The van der Waals surface area contributed by atoms with E-state index in [-0.39, 0.29) is 29.4 Å². The van der Waals surface area contributed by atoms with Crippen molar-refractivity contribution in [1.29, 1.82) is 0 Å². The minimum Gasteiger partial charge on any atom is -0.284 e. The standard InChI is InChI=1S/C26H25ClN2O3S2/c1-18-10-13-21(14-11-18)34(31,32)16-6-9-23(30)29(17-20-7-4-3-5-8-20)26-28-24-19(2)12-15-22(27)25(24)33-26/h3-5,7-8,10-15H,6,9,16-17H2,1-2H3. The predicted molar refractivity (Wildman–Crippen MR) is 139 cm³/mol. The number of anilines is 1. The highest BCUT2D eigenvalue weighted by molar-refractivity contribution is 7.91. The smallest absolute Gasteiger partial charge is 0.229 e. The van der Waals surface area contributed by atoms with Crippen LogP contribution in [0, 0.1) is 13.8 Å². The van der Waals surface area contributed by atoms with E-state index >= 15 is 0 Å². The fourth-order valence-electron chi connectivity index (χ4n) is 3.65. The van der Waals surface area contributed by atoms with Crippen LogP contribution in [0.1, 0.15) is 29.5 Å². The number of hydrogen-bond acceptors (Lipinski definition) is 5. The minimum absolute atomic E-state index is 0.0915. The van der Waals surface area contributed by atoms with E-state index in [9.17, 15) is 13.2 Å². The quantitative estimate of drug-likeness (QED) is 0.276. The van der Waals surface area contributed by atoms with Crippen LogP contribution in [0.15, 0.2) is 71.6 Å². The van der Waals surface area contributed by atoms with Gasteiger partial charge in [-0.15, -0.1) is 0 Å². The highest BCUT2D eigenvalue weighted by atomic mass is 35.5. The van der Waals surface area contributed by atoms with E-state index in [1.807, 2.05) is 56.3 Å². The first-order valence-electron chi connectivity index (χ1n) is 10.9. The summed E-state index contributed by atoms with van der Waals surface area (Å²) in [6.45, 7) is 4.22. The van der Waals surface area contributed by atoms with Crippen molar-refractivity contribution in [2.45, 2.75) is 38.1 Å². The number of benzene rings is 3. The van der Waals surface area contributed by atoms with Crippen LogP contribution < -0.4 is 4.90 Å². The number of sulfone groups is 1. The molecule has 0 radical (unpaired) electrons. The molecule has 0 bridgehead atoms. The van der Waals surface area contributed by atoms with Gasteiger partial charge >= 0.3 is 0 Å². The summed E-state index contributed by atoms with van der Waals surface area (Å²) in [6.07, 6.45) is 0.325. The van der Waals surface area contributed by atoms with Crippen molar-refractivity contribution in [3.05, 3.63) is 88.4 Å². The van der Waals surface area contributed by atoms with Gasteiger partial charge in [-0.2, -0.15) is 0 Å². The summed E-state index contributed by atoms with van der Waals surface area (Å²) < 4.78 is 26.2. The van der Waals surface area contributed by atoms with E-state index in [1.54, 1.807) is 29.2 Å². The minimum atomic E-state index is -3.45. The normalized spacial score (nSPS) is 11.6. The van der Waals surface area contributed by atoms with E-state index in [4.69, 9.17) is 16.6 Å². The molecule has 1 amide bonds. The highest BCUT2D eigenvalue weighted by Gasteiger charge is 2.23. The van der Waals surface area contributed by atoms with Crippen LogP contribution in [0.2, 0.25) is 5.02 Å². The number of carbonyl (C=O) groups is 1. The molecule has 0 saturated carbocycles. The van der Waals surface area contributed by atoms with Crippen molar-refractivity contribution in [3.8, 4) is 0 Å². The zero-order chi connectivity index (χ0) is 24.3. The molecule has 1 aromatic heterocycles. The SMILES string of the molecule is Cc1ccc(S(=O)(=O)CCCC(=O)N(Cc2ccccc2)c2nc3c(C)ccc(Cl)c3s2)cc1. The monoisotopic (exact) mass is 512 g/mol. The molecule has 5 nitrogen and oxygen atoms in total. The second kappa shape index (κ2) is 10.3. The van der Waals surface area contributed by atoms with Gasteiger partial charge in [0.25, 0.3) is 0 Å². The molecule has 0 aliphatic rings. The van der Waals surface area contributed by atoms with Crippen LogP contribution in [-0.4, -0.2) is 25.1 Å². The Labute approximate surface area is 208 Å². The first-order valence-corrected chi connectivity index (χ1v) is 13.8. The lowest BCUT2D eigenvalue weighted by Crippen LogP contribution is -2.30. The molecular weight excluding hydrogens is 488 g/mol. The zero-order valence-corrected chi connectivity index (χ0v) is 21.4. The Morgan fingerprint density at radius 1 is 1.00 bits per heavy atom. The molecule has 0 unspecified atom stereocenters. The maximum Gasteiger partial charge on any atom is 0.229 e. The third-order valence-corrected chi connectivity index (χ3v) is 8.94. The molecule has 0 atom stereocenters. The highest BCUT2D eigenvalue weighted by Crippen LogP contribution is 2.36. The van der Waals surface area contributed by atoms with Gasteiger partial charge in [-0.3, -0.25) is 9.69 Å². The van der Waals surface area contributed by atoms with Gasteiger partial charge < -0.3 is 0 Å². The van der Waals surface area contributed by atoms with Gasteiger partial charge in [0.1, 0.15) is 0 Å². The van der Waals surface area contributed by atoms with E-state index < -0.39 is 9.84 Å². The summed E-state index contributed by atoms with van der Waals surface area (Å²) in [7, 11) is -3.45. The van der Waals surface area contributed by atoms with Gasteiger partial charge in [-0.05, 0) is 49.6 Å². The average Bonchev–Trinajstić information content (AvgIpc) is 3.27. The van der Waals surface area contributed by atoms with Crippen LogP contribution >= 0.6 is 22.9 Å². The third-order valence-electron chi connectivity index (χ3n) is 5.59. The predicted octanol–water partition coefficient (Wildman–Crippen LogP) is 6.35. The van der Waals surface area contributed by atoms with E-state index in [0.29, 0.717) is 16.7 Å². The molecule has 0 N–H and O–H groups in total. The van der Waals surface area contributed by atoms with Gasteiger partial charge in [0, 0.05) is 6.42 Å². The molecule has 4 rings (SSSR count). The van der Waals surface area contributed by atoms with Crippen LogP contribution in [0.5, 0.6) is 0 Å². The summed E-state index contributed by atoms with van der Waals surface area (Å²) in [4.78, 5) is 20.0. The molecule has 0 aliphatic heterocycles. The number of halogens is 1. The average molecular weight is 513 g/mol. The Bertz CT molecular complexity index is 1380. The molecule has 34 heavy (non-hydrogen) atoms. The van der Waals surface area contributed by atoms with E-state index in [2.05, 4.69) is 0 Å². The number of thiazole rings is 1.